The van der Waals surface area contributed by atoms with Crippen LogP contribution < -0.4 is 4.52 Å². The van der Waals surface area contributed by atoms with E-state index in [-0.39, 0.29) is 5.75 Å². The van der Waals surface area contributed by atoms with Gasteiger partial charge in [-0.05, 0) is 25.0 Å². The van der Waals surface area contributed by atoms with Crippen molar-refractivity contribution in [1.29, 1.82) is 0 Å². The molecule has 0 aliphatic carbocycles. The molecule has 1 rings (SSSR count). The average Bonchev–Trinajstić information content (AvgIpc) is 2.18. The van der Waals surface area contributed by atoms with Crippen LogP contribution in [-0.2, 0) is 22.3 Å². The highest BCUT2D eigenvalue weighted by Gasteiger charge is 2.41. The van der Waals surface area contributed by atoms with Crippen molar-refractivity contribution >= 4 is 23.5 Å². The number of rotatable bonds is 6. The van der Waals surface area contributed by atoms with E-state index in [1.165, 1.54) is 0 Å². The van der Waals surface area contributed by atoms with Crippen LogP contribution in [0.1, 0.15) is 11.1 Å². The molecule has 0 fully saturated rings. The molecule has 2 unspecified atom stereocenters. The summed E-state index contributed by atoms with van der Waals surface area (Å²) in [7, 11) is -16.1. The molecular formula is C8H13O10P3. The van der Waals surface area contributed by atoms with E-state index in [1.807, 2.05) is 0 Å². The zero-order valence-corrected chi connectivity index (χ0v) is 13.5. The second kappa shape index (κ2) is 6.30. The summed E-state index contributed by atoms with van der Waals surface area (Å²) >= 11 is 0. The monoisotopic (exact) mass is 362 g/mol. The topological polar surface area (TPSA) is 160 Å². The summed E-state index contributed by atoms with van der Waals surface area (Å²) in [6, 6.07) is 4.74. The first-order valence-corrected chi connectivity index (χ1v) is 9.73. The van der Waals surface area contributed by atoms with Gasteiger partial charge in [-0.2, -0.15) is 8.62 Å². The Morgan fingerprint density at radius 2 is 1.33 bits per heavy atom. The van der Waals surface area contributed by atoms with Crippen LogP contribution >= 0.6 is 23.5 Å². The van der Waals surface area contributed by atoms with Gasteiger partial charge in [0.05, 0.1) is 0 Å². The molecule has 0 saturated carbocycles. The molecule has 1 aromatic rings. The fourth-order valence-corrected chi connectivity index (χ4v) is 4.51. The Hall–Kier alpha value is -0.530. The quantitative estimate of drug-likeness (QED) is 0.551. The predicted molar refractivity (Wildman–Crippen MR) is 70.4 cm³/mol. The first-order valence-electron chi connectivity index (χ1n) is 5.21. The Morgan fingerprint density at radius 1 is 0.857 bits per heavy atom. The minimum absolute atomic E-state index is 0.0699. The standard InChI is InChI=1S/C8H13O10P3/c1-6-4-3-5-7(2)8(6)16-20(12,13)18-21(14,15)17-19(9,10)11/h3-5H,1-2H3,(H,12,13)(H,14,15)(H2,9,10,11). The van der Waals surface area contributed by atoms with Gasteiger partial charge in [0, 0.05) is 0 Å². The van der Waals surface area contributed by atoms with Crippen molar-refractivity contribution in [2.75, 3.05) is 0 Å². The van der Waals surface area contributed by atoms with Crippen molar-refractivity contribution in [2.45, 2.75) is 13.8 Å². The second-order valence-electron chi connectivity index (χ2n) is 3.90. The number of benzene rings is 1. The third-order valence-electron chi connectivity index (χ3n) is 2.03. The molecule has 120 valence electrons. The largest absolute Gasteiger partial charge is 0.536 e. The molecule has 4 N–H and O–H groups in total. The molecule has 0 amide bonds. The van der Waals surface area contributed by atoms with E-state index in [9.17, 15) is 18.6 Å². The van der Waals surface area contributed by atoms with Crippen LogP contribution in [-0.4, -0.2) is 19.6 Å². The number of aryl methyl sites for hydroxylation is 2. The van der Waals surface area contributed by atoms with E-state index >= 15 is 0 Å². The van der Waals surface area contributed by atoms with Crippen LogP contribution in [0.3, 0.4) is 0 Å². The van der Waals surface area contributed by atoms with E-state index in [1.54, 1.807) is 32.0 Å². The van der Waals surface area contributed by atoms with Gasteiger partial charge in [0.25, 0.3) is 0 Å². The molecule has 0 aliphatic heterocycles. The molecule has 0 bridgehead atoms. The van der Waals surface area contributed by atoms with Gasteiger partial charge in [0.15, 0.2) is 0 Å². The van der Waals surface area contributed by atoms with Crippen LogP contribution in [0.25, 0.3) is 0 Å². The van der Waals surface area contributed by atoms with Gasteiger partial charge in [-0.3, -0.25) is 4.89 Å². The SMILES string of the molecule is Cc1cccc(C)c1OP(=O)(O)OP(=O)(O)OP(=O)(O)O. The third kappa shape index (κ3) is 6.40. The lowest BCUT2D eigenvalue weighted by Crippen LogP contribution is -2.00. The summed E-state index contributed by atoms with van der Waals surface area (Å²) in [4.78, 5) is 35.2. The lowest BCUT2D eigenvalue weighted by atomic mass is 10.1. The summed E-state index contributed by atoms with van der Waals surface area (Å²) in [5.74, 6) is -0.0699. The van der Waals surface area contributed by atoms with Crippen molar-refractivity contribution in [3.05, 3.63) is 29.3 Å². The molecule has 0 aromatic heterocycles. The third-order valence-corrected chi connectivity index (χ3v) is 5.77. The molecule has 0 saturated heterocycles. The lowest BCUT2D eigenvalue weighted by molar-refractivity contribution is 0.206. The molecule has 0 spiro atoms. The minimum Gasteiger partial charge on any atom is -0.403 e. The van der Waals surface area contributed by atoms with Gasteiger partial charge in [-0.1, -0.05) is 18.2 Å². The summed E-state index contributed by atoms with van der Waals surface area (Å²) in [6.45, 7) is 3.10. The smallest absolute Gasteiger partial charge is 0.403 e. The summed E-state index contributed by atoms with van der Waals surface area (Å²) in [5, 5.41) is 0. The molecule has 0 radical (unpaired) electrons. The first kappa shape index (κ1) is 18.5. The number of hydrogen-bond acceptors (Lipinski definition) is 6. The van der Waals surface area contributed by atoms with Gasteiger partial charge in [0.1, 0.15) is 5.75 Å². The summed E-state index contributed by atoms with van der Waals surface area (Å²) in [5.41, 5.74) is 0.883. The van der Waals surface area contributed by atoms with E-state index in [0.29, 0.717) is 11.1 Å². The van der Waals surface area contributed by atoms with Crippen molar-refractivity contribution in [3.8, 4) is 5.75 Å². The fourth-order valence-electron chi connectivity index (χ4n) is 1.35. The molecule has 2 atom stereocenters. The van der Waals surface area contributed by atoms with Gasteiger partial charge < -0.3 is 19.2 Å². The highest BCUT2D eigenvalue weighted by Crippen LogP contribution is 2.66. The van der Waals surface area contributed by atoms with Crippen molar-refractivity contribution in [3.63, 3.8) is 0 Å². The molecule has 0 aliphatic rings. The Kier molecular flexibility index (Phi) is 5.56. The number of para-hydroxylation sites is 1. The molecule has 1 aromatic carbocycles. The van der Waals surface area contributed by atoms with Crippen LogP contribution in [0, 0.1) is 13.8 Å². The maximum Gasteiger partial charge on any atom is 0.536 e. The number of hydrogen-bond donors (Lipinski definition) is 4. The zero-order valence-electron chi connectivity index (χ0n) is 10.8. The molecule has 13 heteroatoms. The van der Waals surface area contributed by atoms with E-state index < -0.39 is 23.5 Å². The molecule has 10 nitrogen and oxygen atoms in total. The molecular weight excluding hydrogens is 349 g/mol. The predicted octanol–water partition coefficient (Wildman–Crippen LogP) is 2.01. The number of phosphoric acid groups is 3. The van der Waals surface area contributed by atoms with Gasteiger partial charge in [-0.25, -0.2) is 13.7 Å². The van der Waals surface area contributed by atoms with Crippen LogP contribution in [0.2, 0.25) is 0 Å². The zero-order chi connectivity index (χ0) is 16.5. The van der Waals surface area contributed by atoms with Gasteiger partial charge >= 0.3 is 23.5 Å². The van der Waals surface area contributed by atoms with E-state index in [2.05, 4.69) is 13.1 Å². The number of phosphoric ester groups is 1. The van der Waals surface area contributed by atoms with Gasteiger partial charge in [-0.15, -0.1) is 0 Å². The minimum atomic E-state index is -5.50. The maximum atomic E-state index is 11.6. The maximum absolute atomic E-state index is 11.6. The normalized spacial score (nSPS) is 17.8. The Morgan fingerprint density at radius 3 is 1.76 bits per heavy atom. The van der Waals surface area contributed by atoms with Crippen LogP contribution in [0.5, 0.6) is 5.75 Å². The molecule has 0 heterocycles. The Balaban J connectivity index is 2.95. The fraction of sp³-hybridized carbons (Fsp3) is 0.250. The Bertz CT molecular complexity index is 644. The first-order chi connectivity index (χ1) is 9.31. The average molecular weight is 362 g/mol. The second-order valence-corrected chi connectivity index (χ2v) is 8.25. The van der Waals surface area contributed by atoms with Crippen molar-refractivity contribution < 1.29 is 46.4 Å². The summed E-state index contributed by atoms with van der Waals surface area (Å²) < 4.78 is 45.1. The van der Waals surface area contributed by atoms with E-state index in [4.69, 9.17) is 14.7 Å². The van der Waals surface area contributed by atoms with Crippen molar-refractivity contribution in [1.82, 2.24) is 0 Å². The van der Waals surface area contributed by atoms with Crippen LogP contribution in [0.4, 0.5) is 0 Å². The van der Waals surface area contributed by atoms with Gasteiger partial charge in [0.2, 0.25) is 0 Å². The molecule has 21 heavy (non-hydrogen) atoms. The lowest BCUT2D eigenvalue weighted by Gasteiger charge is -2.18. The highest BCUT2D eigenvalue weighted by atomic mass is 31.3. The Labute approximate surface area is 119 Å². The van der Waals surface area contributed by atoms with Crippen LogP contribution in [0.15, 0.2) is 18.2 Å². The van der Waals surface area contributed by atoms with E-state index in [0.717, 1.165) is 0 Å². The highest BCUT2D eigenvalue weighted by molar-refractivity contribution is 7.66. The summed E-state index contributed by atoms with van der Waals surface area (Å²) in [6.07, 6.45) is 0. The van der Waals surface area contributed by atoms with Crippen molar-refractivity contribution in [2.24, 2.45) is 0 Å².